The fourth-order valence-electron chi connectivity index (χ4n) is 3.01. The molecule has 0 radical (unpaired) electrons. The molecule has 2 aromatic rings. The highest BCUT2D eigenvalue weighted by Crippen LogP contribution is 2.28. The molecule has 0 unspecified atom stereocenters. The topological polar surface area (TPSA) is 47.4 Å². The lowest BCUT2D eigenvalue weighted by Crippen LogP contribution is -2.38. The van der Waals surface area contributed by atoms with Crippen molar-refractivity contribution in [2.24, 2.45) is 7.05 Å². The Hall–Kier alpha value is -2.37. The maximum atomic E-state index is 13.8. The van der Waals surface area contributed by atoms with Crippen molar-refractivity contribution in [1.29, 1.82) is 0 Å². The minimum absolute atomic E-state index is 0.133. The Morgan fingerprint density at radius 2 is 2.04 bits per heavy atom. The highest BCUT2D eigenvalue weighted by atomic mass is 19.1. The third-order valence-corrected chi connectivity index (χ3v) is 4.33. The zero-order chi connectivity index (χ0) is 16.4. The molecule has 5 nitrogen and oxygen atoms in total. The van der Waals surface area contributed by atoms with Crippen molar-refractivity contribution in [3.05, 3.63) is 47.5 Å². The first-order chi connectivity index (χ1) is 11.1. The van der Waals surface area contributed by atoms with Crippen LogP contribution in [0.15, 0.2) is 30.5 Å². The predicted molar refractivity (Wildman–Crippen MR) is 84.0 cm³/mol. The van der Waals surface area contributed by atoms with Gasteiger partial charge in [0, 0.05) is 37.8 Å². The molecule has 1 saturated heterocycles. The van der Waals surface area contributed by atoms with Crippen molar-refractivity contribution in [3.8, 4) is 5.75 Å². The van der Waals surface area contributed by atoms with Gasteiger partial charge in [-0.25, -0.2) is 4.39 Å². The van der Waals surface area contributed by atoms with Gasteiger partial charge in [-0.15, -0.1) is 0 Å². The van der Waals surface area contributed by atoms with Crippen LogP contribution < -0.4 is 4.74 Å². The molecule has 0 atom stereocenters. The van der Waals surface area contributed by atoms with Gasteiger partial charge < -0.3 is 9.64 Å². The number of nitrogens with zero attached hydrogens (tertiary/aromatic N) is 3. The minimum atomic E-state index is -0.512. The number of hydrogen-bond acceptors (Lipinski definition) is 3. The standard InChI is InChI=1S/C17H20FN3O2/c1-20-8-7-15(19-20)12-5-9-21(10-6-12)17(22)13-3-4-16(23-2)14(18)11-13/h3-4,7-8,11-12H,5-6,9-10H2,1-2H3. The SMILES string of the molecule is COc1ccc(C(=O)N2CCC(c3ccn(C)n3)CC2)cc1F. The largest absolute Gasteiger partial charge is 0.494 e. The number of carbonyl (C=O) groups is 1. The number of aromatic nitrogens is 2. The summed E-state index contributed by atoms with van der Waals surface area (Å²) in [6.07, 6.45) is 3.69. The first kappa shape index (κ1) is 15.5. The number of hydrogen-bond donors (Lipinski definition) is 0. The molecular formula is C17H20FN3O2. The van der Waals surface area contributed by atoms with Crippen LogP contribution in [0.1, 0.15) is 34.8 Å². The van der Waals surface area contributed by atoms with E-state index in [0.29, 0.717) is 24.6 Å². The molecule has 0 N–H and O–H groups in total. The zero-order valence-corrected chi connectivity index (χ0v) is 13.3. The van der Waals surface area contributed by atoms with Gasteiger partial charge in [0.05, 0.1) is 12.8 Å². The van der Waals surface area contributed by atoms with E-state index in [9.17, 15) is 9.18 Å². The first-order valence-electron chi connectivity index (χ1n) is 7.71. The second-order valence-electron chi connectivity index (χ2n) is 5.83. The Morgan fingerprint density at radius 1 is 1.30 bits per heavy atom. The normalized spacial score (nSPS) is 15.7. The van der Waals surface area contributed by atoms with E-state index in [1.807, 2.05) is 19.3 Å². The molecule has 0 bridgehead atoms. The maximum Gasteiger partial charge on any atom is 0.253 e. The van der Waals surface area contributed by atoms with Crippen LogP contribution in [0.4, 0.5) is 4.39 Å². The van der Waals surface area contributed by atoms with Crippen LogP contribution in [0, 0.1) is 5.82 Å². The summed E-state index contributed by atoms with van der Waals surface area (Å²) in [6.45, 7) is 1.32. The molecule has 1 fully saturated rings. The van der Waals surface area contributed by atoms with Crippen molar-refractivity contribution in [3.63, 3.8) is 0 Å². The van der Waals surface area contributed by atoms with Crippen LogP contribution >= 0.6 is 0 Å². The van der Waals surface area contributed by atoms with E-state index >= 15 is 0 Å². The highest BCUT2D eigenvalue weighted by Gasteiger charge is 2.26. The van der Waals surface area contributed by atoms with Gasteiger partial charge in [-0.3, -0.25) is 9.48 Å². The summed E-state index contributed by atoms with van der Waals surface area (Å²) in [5, 5.41) is 4.44. The summed E-state index contributed by atoms with van der Waals surface area (Å²) < 4.78 is 20.4. The van der Waals surface area contributed by atoms with Crippen LogP contribution in [0.3, 0.4) is 0 Å². The summed E-state index contributed by atoms with van der Waals surface area (Å²) >= 11 is 0. The van der Waals surface area contributed by atoms with Crippen LogP contribution in [0.2, 0.25) is 0 Å². The van der Waals surface area contributed by atoms with E-state index in [-0.39, 0.29) is 11.7 Å². The molecule has 1 amide bonds. The van der Waals surface area contributed by atoms with Gasteiger partial charge in [0.2, 0.25) is 0 Å². The molecule has 122 valence electrons. The Balaban J connectivity index is 1.65. The van der Waals surface area contributed by atoms with E-state index in [1.54, 1.807) is 15.6 Å². The number of benzene rings is 1. The molecule has 23 heavy (non-hydrogen) atoms. The summed E-state index contributed by atoms with van der Waals surface area (Å²) in [5.74, 6) is -0.115. The number of aryl methyl sites for hydroxylation is 1. The van der Waals surface area contributed by atoms with Gasteiger partial charge in [-0.2, -0.15) is 5.10 Å². The summed E-state index contributed by atoms with van der Waals surface area (Å²) in [4.78, 5) is 14.3. The van der Waals surface area contributed by atoms with Crippen molar-refractivity contribution in [1.82, 2.24) is 14.7 Å². The van der Waals surface area contributed by atoms with Gasteiger partial charge in [0.15, 0.2) is 11.6 Å². The molecule has 0 saturated carbocycles. The molecule has 1 aromatic carbocycles. The number of ether oxygens (including phenoxy) is 1. The monoisotopic (exact) mass is 317 g/mol. The first-order valence-corrected chi connectivity index (χ1v) is 7.71. The smallest absolute Gasteiger partial charge is 0.253 e. The quantitative estimate of drug-likeness (QED) is 0.874. The van der Waals surface area contributed by atoms with Crippen molar-refractivity contribution < 1.29 is 13.9 Å². The van der Waals surface area contributed by atoms with E-state index in [4.69, 9.17) is 4.74 Å². The summed E-state index contributed by atoms with van der Waals surface area (Å²) in [7, 11) is 3.31. The summed E-state index contributed by atoms with van der Waals surface area (Å²) in [5.41, 5.74) is 1.44. The third kappa shape index (κ3) is 3.21. The Kier molecular flexibility index (Phi) is 4.32. The van der Waals surface area contributed by atoms with Crippen LogP contribution in [-0.2, 0) is 7.05 Å². The second kappa shape index (κ2) is 6.40. The number of halogens is 1. The number of methoxy groups -OCH3 is 1. The lowest BCUT2D eigenvalue weighted by molar-refractivity contribution is 0.0711. The van der Waals surface area contributed by atoms with Gasteiger partial charge in [0.25, 0.3) is 5.91 Å². The zero-order valence-electron chi connectivity index (χ0n) is 13.3. The van der Waals surface area contributed by atoms with Gasteiger partial charge in [0.1, 0.15) is 0 Å². The van der Waals surface area contributed by atoms with Crippen LogP contribution in [0.25, 0.3) is 0 Å². The van der Waals surface area contributed by atoms with Crippen molar-refractivity contribution in [2.45, 2.75) is 18.8 Å². The molecule has 0 aliphatic carbocycles. The molecule has 1 aliphatic rings. The summed E-state index contributed by atoms with van der Waals surface area (Å²) in [6, 6.07) is 6.37. The number of carbonyl (C=O) groups excluding carboxylic acids is 1. The second-order valence-corrected chi connectivity index (χ2v) is 5.83. The number of rotatable bonds is 3. The lowest BCUT2D eigenvalue weighted by atomic mass is 9.93. The fraction of sp³-hybridized carbons (Fsp3) is 0.412. The maximum absolute atomic E-state index is 13.8. The average molecular weight is 317 g/mol. The van der Waals surface area contributed by atoms with Crippen LogP contribution in [0.5, 0.6) is 5.75 Å². The van der Waals surface area contributed by atoms with E-state index in [2.05, 4.69) is 5.10 Å². The van der Waals surface area contributed by atoms with E-state index in [0.717, 1.165) is 18.5 Å². The Morgan fingerprint density at radius 3 is 2.61 bits per heavy atom. The van der Waals surface area contributed by atoms with Crippen molar-refractivity contribution >= 4 is 5.91 Å². The fourth-order valence-corrected chi connectivity index (χ4v) is 3.01. The van der Waals surface area contributed by atoms with Gasteiger partial charge >= 0.3 is 0 Å². The van der Waals surface area contributed by atoms with Crippen LogP contribution in [-0.4, -0.2) is 40.8 Å². The van der Waals surface area contributed by atoms with Gasteiger partial charge in [-0.05, 0) is 37.1 Å². The predicted octanol–water partition coefficient (Wildman–Crippen LogP) is 2.59. The van der Waals surface area contributed by atoms with Crippen molar-refractivity contribution in [2.75, 3.05) is 20.2 Å². The van der Waals surface area contributed by atoms with Gasteiger partial charge in [-0.1, -0.05) is 0 Å². The Bertz CT molecular complexity index is 706. The van der Waals surface area contributed by atoms with E-state index in [1.165, 1.54) is 19.2 Å². The molecule has 6 heteroatoms. The average Bonchev–Trinajstić information content (AvgIpc) is 3.01. The third-order valence-electron chi connectivity index (χ3n) is 4.33. The molecular weight excluding hydrogens is 297 g/mol. The number of likely N-dealkylation sites (tertiary alicyclic amines) is 1. The minimum Gasteiger partial charge on any atom is -0.494 e. The molecule has 0 spiro atoms. The molecule has 2 heterocycles. The molecule has 1 aliphatic heterocycles. The Labute approximate surface area is 134 Å². The molecule has 1 aromatic heterocycles. The number of piperidine rings is 1. The highest BCUT2D eigenvalue weighted by molar-refractivity contribution is 5.94. The molecule has 3 rings (SSSR count). The van der Waals surface area contributed by atoms with E-state index < -0.39 is 5.82 Å². The lowest BCUT2D eigenvalue weighted by Gasteiger charge is -2.31. The number of amides is 1.